The van der Waals surface area contributed by atoms with E-state index in [0.717, 1.165) is 5.56 Å². The lowest BCUT2D eigenvalue weighted by atomic mass is 10.0. The van der Waals surface area contributed by atoms with Crippen LogP contribution in [0.4, 0.5) is 0 Å². The van der Waals surface area contributed by atoms with Crippen molar-refractivity contribution >= 4 is 5.97 Å². The maximum Gasteiger partial charge on any atom is 0.347 e. The highest BCUT2D eigenvalue weighted by molar-refractivity contribution is 5.77. The highest BCUT2D eigenvalue weighted by Gasteiger charge is 2.33. The van der Waals surface area contributed by atoms with Gasteiger partial charge in [0.2, 0.25) is 5.60 Å². The van der Waals surface area contributed by atoms with Gasteiger partial charge in [0.25, 0.3) is 0 Å². The molecule has 0 radical (unpaired) electrons. The summed E-state index contributed by atoms with van der Waals surface area (Å²) >= 11 is 0. The molecule has 0 spiro atoms. The maximum atomic E-state index is 10.9. The second kappa shape index (κ2) is 9.66. The molecule has 0 saturated heterocycles. The van der Waals surface area contributed by atoms with Crippen LogP contribution in [-0.4, -0.2) is 33.5 Å². The Morgan fingerprint density at radius 1 is 1.16 bits per heavy atom. The first-order chi connectivity index (χ1) is 11.8. The number of ether oxygens (including phenoxy) is 1. The summed E-state index contributed by atoms with van der Waals surface area (Å²) in [6.07, 6.45) is 0.364. The van der Waals surface area contributed by atoms with Crippen molar-refractivity contribution in [3.63, 3.8) is 0 Å². The Morgan fingerprint density at radius 2 is 1.72 bits per heavy atom. The third kappa shape index (κ3) is 6.45. The molecule has 0 aliphatic heterocycles. The van der Waals surface area contributed by atoms with E-state index in [1.807, 2.05) is 30.3 Å². The normalized spacial score (nSPS) is 13.8. The van der Waals surface area contributed by atoms with Gasteiger partial charge < -0.3 is 25.8 Å². The van der Waals surface area contributed by atoms with Gasteiger partial charge in [0.15, 0.2) is 0 Å². The summed E-state index contributed by atoms with van der Waals surface area (Å²) in [7, 11) is 0. The Bertz CT molecular complexity index is 645. The maximum absolute atomic E-state index is 10.9. The van der Waals surface area contributed by atoms with Crippen LogP contribution in [0.5, 0.6) is 11.5 Å². The number of rotatable bonds is 6. The van der Waals surface area contributed by atoms with Crippen molar-refractivity contribution in [3.8, 4) is 11.5 Å². The van der Waals surface area contributed by atoms with Crippen LogP contribution in [0.1, 0.15) is 31.9 Å². The van der Waals surface area contributed by atoms with E-state index in [9.17, 15) is 4.79 Å². The van der Waals surface area contributed by atoms with Crippen LogP contribution in [-0.2, 0) is 4.79 Å². The minimum Gasteiger partial charge on any atom is -0.508 e. The Hall–Kier alpha value is -2.57. The molecule has 0 aromatic heterocycles. The molecule has 0 bridgehead atoms. The monoisotopic (exact) mass is 347 g/mol. The van der Waals surface area contributed by atoms with E-state index >= 15 is 0 Å². The second-order valence-corrected chi connectivity index (χ2v) is 5.69. The molecule has 0 aliphatic rings. The fraction of sp³-hybridized carbons (Fsp3) is 0.316. The van der Waals surface area contributed by atoms with Gasteiger partial charge in [-0.15, -0.1) is 0 Å². The lowest BCUT2D eigenvalue weighted by molar-refractivity contribution is -0.154. The van der Waals surface area contributed by atoms with Gasteiger partial charge in [-0.05, 0) is 43.2 Å². The predicted molar refractivity (Wildman–Crippen MR) is 95.5 cm³/mol. The Labute approximate surface area is 147 Å². The third-order valence-corrected chi connectivity index (χ3v) is 3.73. The van der Waals surface area contributed by atoms with E-state index in [-0.39, 0.29) is 18.4 Å². The molecule has 2 aromatic carbocycles. The highest BCUT2D eigenvalue weighted by atomic mass is 16.5. The lowest BCUT2D eigenvalue weighted by Gasteiger charge is -2.24. The number of carboxylic acids is 1. The van der Waals surface area contributed by atoms with Gasteiger partial charge in [-0.25, -0.2) is 4.79 Å². The zero-order chi connectivity index (χ0) is 18.9. The fourth-order valence-corrected chi connectivity index (χ4v) is 1.85. The number of aromatic hydroxyl groups is 1. The van der Waals surface area contributed by atoms with E-state index in [1.165, 1.54) is 31.2 Å². The molecule has 0 amide bonds. The SMILES string of the molecule is CC[C@](C)(Oc1ccc(O)cc1)C(=O)O.N[C@@H](CO)c1ccccc1. The van der Waals surface area contributed by atoms with Crippen LogP contribution >= 0.6 is 0 Å². The van der Waals surface area contributed by atoms with Crippen LogP contribution in [0.2, 0.25) is 0 Å². The van der Waals surface area contributed by atoms with Gasteiger partial charge in [-0.2, -0.15) is 0 Å². The molecule has 6 nitrogen and oxygen atoms in total. The topological polar surface area (TPSA) is 113 Å². The van der Waals surface area contributed by atoms with Gasteiger partial charge in [-0.3, -0.25) is 0 Å². The summed E-state index contributed by atoms with van der Waals surface area (Å²) in [5.74, 6) is -0.450. The molecule has 2 atom stereocenters. The average Bonchev–Trinajstić information content (AvgIpc) is 2.64. The number of aliphatic hydroxyl groups is 1. The van der Waals surface area contributed by atoms with Crippen LogP contribution < -0.4 is 10.5 Å². The molecule has 2 rings (SSSR count). The number of aliphatic carboxylic acids is 1. The number of carbonyl (C=O) groups is 1. The number of carboxylic acid groups (broad SMARTS) is 1. The van der Waals surface area contributed by atoms with Crippen molar-refractivity contribution in [2.24, 2.45) is 5.73 Å². The predicted octanol–water partition coefficient (Wildman–Crippen LogP) is 2.70. The van der Waals surface area contributed by atoms with Crippen molar-refractivity contribution in [2.45, 2.75) is 31.9 Å². The van der Waals surface area contributed by atoms with Gasteiger partial charge >= 0.3 is 5.97 Å². The summed E-state index contributed by atoms with van der Waals surface area (Å²) in [4.78, 5) is 10.9. The van der Waals surface area contributed by atoms with Crippen molar-refractivity contribution in [1.29, 1.82) is 0 Å². The number of nitrogens with two attached hydrogens (primary N) is 1. The first kappa shape index (κ1) is 20.5. The zero-order valence-electron chi connectivity index (χ0n) is 14.4. The standard InChI is InChI=1S/C11H14O4.C8H11NO/c1-3-11(2,10(13)14)15-9-6-4-8(12)5-7-9;9-8(6-10)7-4-2-1-3-5-7/h4-7,12H,3H2,1-2H3,(H,13,14);1-5,8,10H,6,9H2/t11-;8-/m00/s1. The van der Waals surface area contributed by atoms with Crippen LogP contribution in [0.15, 0.2) is 54.6 Å². The number of hydrogen-bond acceptors (Lipinski definition) is 5. The van der Waals surface area contributed by atoms with Gasteiger partial charge in [0.1, 0.15) is 11.5 Å². The summed E-state index contributed by atoms with van der Waals surface area (Å²) in [5, 5.41) is 26.7. The molecular formula is C19H25NO5. The molecule has 2 aromatic rings. The summed E-state index contributed by atoms with van der Waals surface area (Å²) in [6, 6.07) is 15.3. The number of hydrogen-bond donors (Lipinski definition) is 4. The zero-order valence-corrected chi connectivity index (χ0v) is 14.4. The number of phenolic OH excluding ortho intramolecular Hbond substituents is 1. The van der Waals surface area contributed by atoms with Gasteiger partial charge in [0, 0.05) is 0 Å². The molecule has 6 heteroatoms. The Morgan fingerprint density at radius 3 is 2.16 bits per heavy atom. The fourth-order valence-electron chi connectivity index (χ4n) is 1.85. The van der Waals surface area contributed by atoms with Crippen molar-refractivity contribution in [3.05, 3.63) is 60.2 Å². The minimum absolute atomic E-state index is 0.00398. The van der Waals surface area contributed by atoms with E-state index in [1.54, 1.807) is 6.92 Å². The molecule has 0 saturated carbocycles. The van der Waals surface area contributed by atoms with E-state index in [2.05, 4.69) is 0 Å². The second-order valence-electron chi connectivity index (χ2n) is 5.69. The molecule has 136 valence electrons. The van der Waals surface area contributed by atoms with Crippen LogP contribution in [0.25, 0.3) is 0 Å². The molecule has 25 heavy (non-hydrogen) atoms. The third-order valence-electron chi connectivity index (χ3n) is 3.73. The van der Waals surface area contributed by atoms with Gasteiger partial charge in [0.05, 0.1) is 12.6 Å². The first-order valence-corrected chi connectivity index (χ1v) is 7.95. The van der Waals surface area contributed by atoms with E-state index in [4.69, 9.17) is 25.8 Å². The Kier molecular flexibility index (Phi) is 7.91. The van der Waals surface area contributed by atoms with Crippen molar-refractivity contribution < 1.29 is 24.9 Å². The first-order valence-electron chi connectivity index (χ1n) is 7.95. The molecule has 0 aliphatic carbocycles. The quantitative estimate of drug-likeness (QED) is 0.639. The molecule has 5 N–H and O–H groups in total. The number of benzene rings is 2. The molecule has 0 unspecified atom stereocenters. The largest absolute Gasteiger partial charge is 0.508 e. The van der Waals surface area contributed by atoms with E-state index < -0.39 is 11.6 Å². The highest BCUT2D eigenvalue weighted by Crippen LogP contribution is 2.23. The Balaban J connectivity index is 0.000000271. The smallest absolute Gasteiger partial charge is 0.347 e. The average molecular weight is 347 g/mol. The molecule has 0 heterocycles. The van der Waals surface area contributed by atoms with Gasteiger partial charge in [-0.1, -0.05) is 37.3 Å². The van der Waals surface area contributed by atoms with Crippen LogP contribution in [0.3, 0.4) is 0 Å². The van der Waals surface area contributed by atoms with Crippen molar-refractivity contribution in [1.82, 2.24) is 0 Å². The lowest BCUT2D eigenvalue weighted by Crippen LogP contribution is -2.40. The minimum atomic E-state index is -1.23. The number of aliphatic hydroxyl groups excluding tert-OH is 1. The van der Waals surface area contributed by atoms with Crippen molar-refractivity contribution in [2.75, 3.05) is 6.61 Å². The summed E-state index contributed by atoms with van der Waals surface area (Å²) in [5.41, 5.74) is 5.30. The molecular weight excluding hydrogens is 322 g/mol. The van der Waals surface area contributed by atoms with E-state index in [0.29, 0.717) is 12.2 Å². The number of phenols is 1. The summed E-state index contributed by atoms with van der Waals surface area (Å²) < 4.78 is 5.36. The molecule has 0 fully saturated rings. The van der Waals surface area contributed by atoms with Crippen LogP contribution in [0, 0.1) is 0 Å². The summed E-state index contributed by atoms with van der Waals surface area (Å²) in [6.45, 7) is 3.26.